The molecule has 2 aromatic rings. The fraction of sp³-hybridized carbons (Fsp3) is 0.133. The van der Waals surface area contributed by atoms with Crippen molar-refractivity contribution in [3.63, 3.8) is 0 Å². The molecule has 0 aromatic heterocycles. The second kappa shape index (κ2) is 7.23. The van der Waals surface area contributed by atoms with Crippen molar-refractivity contribution in [1.82, 2.24) is 0 Å². The molecule has 0 atom stereocenters. The third-order valence-corrected chi connectivity index (χ3v) is 3.51. The topological polar surface area (TPSA) is 38.3 Å². The van der Waals surface area contributed by atoms with Crippen LogP contribution in [0.3, 0.4) is 0 Å². The molecule has 0 spiro atoms. The van der Waals surface area contributed by atoms with Gasteiger partial charge in [0.05, 0.1) is 10.6 Å². The Hall–Kier alpha value is -1.73. The number of amides is 1. The summed E-state index contributed by atoms with van der Waals surface area (Å²) in [6, 6.07) is 9.21. The van der Waals surface area contributed by atoms with Crippen LogP contribution >= 0.6 is 27.5 Å². The second-order valence-electron chi connectivity index (χ2n) is 4.49. The van der Waals surface area contributed by atoms with Crippen LogP contribution in [0, 0.1) is 0 Å². The molecular formula is C15H10BrClF3NO2. The smallest absolute Gasteiger partial charge is 0.416 e. The van der Waals surface area contributed by atoms with Crippen molar-refractivity contribution in [3.8, 4) is 5.75 Å². The van der Waals surface area contributed by atoms with Gasteiger partial charge >= 0.3 is 6.18 Å². The molecule has 0 fully saturated rings. The Kier molecular flexibility index (Phi) is 5.54. The van der Waals surface area contributed by atoms with Crippen LogP contribution < -0.4 is 10.1 Å². The van der Waals surface area contributed by atoms with Gasteiger partial charge in [0.15, 0.2) is 6.61 Å². The van der Waals surface area contributed by atoms with Crippen LogP contribution in [0.15, 0.2) is 46.9 Å². The maximum Gasteiger partial charge on any atom is 0.416 e. The Balaban J connectivity index is 1.97. The first-order valence-corrected chi connectivity index (χ1v) is 7.48. The molecule has 0 heterocycles. The molecule has 0 aliphatic heterocycles. The standard InChI is InChI=1S/C15H10BrClF3NO2/c16-10-4-5-13(12(17)7-10)23-8-14(22)21-11-3-1-2-9(6-11)15(18,19)20/h1-7H,8H2,(H,21,22). The number of halogens is 5. The minimum Gasteiger partial charge on any atom is -0.482 e. The molecule has 3 nitrogen and oxygen atoms in total. The summed E-state index contributed by atoms with van der Waals surface area (Å²) in [7, 11) is 0. The molecule has 1 N–H and O–H groups in total. The average molecular weight is 409 g/mol. The van der Waals surface area contributed by atoms with Gasteiger partial charge in [0.25, 0.3) is 5.91 Å². The summed E-state index contributed by atoms with van der Waals surface area (Å²) in [5.74, 6) is -0.294. The Labute approximate surface area is 143 Å². The molecule has 0 radical (unpaired) electrons. The van der Waals surface area contributed by atoms with Gasteiger partial charge in [0.1, 0.15) is 5.75 Å². The molecule has 0 saturated heterocycles. The van der Waals surface area contributed by atoms with E-state index in [4.69, 9.17) is 16.3 Å². The predicted octanol–water partition coefficient (Wildman–Crippen LogP) is 5.14. The molecule has 2 rings (SSSR count). The number of carbonyl (C=O) groups excluding carboxylic acids is 1. The number of nitrogens with one attached hydrogen (secondary N) is 1. The maximum atomic E-state index is 12.6. The van der Waals surface area contributed by atoms with Gasteiger partial charge in [0.2, 0.25) is 0 Å². The number of alkyl halides is 3. The minimum atomic E-state index is -4.47. The summed E-state index contributed by atoms with van der Waals surface area (Å²) < 4.78 is 43.8. The zero-order valence-corrected chi connectivity index (χ0v) is 13.8. The van der Waals surface area contributed by atoms with E-state index in [1.165, 1.54) is 12.1 Å². The van der Waals surface area contributed by atoms with E-state index in [0.717, 1.165) is 16.6 Å². The molecule has 0 aliphatic carbocycles. The molecule has 0 aliphatic rings. The van der Waals surface area contributed by atoms with Gasteiger partial charge in [0, 0.05) is 10.2 Å². The highest BCUT2D eigenvalue weighted by atomic mass is 79.9. The van der Waals surface area contributed by atoms with Crippen molar-refractivity contribution in [2.24, 2.45) is 0 Å². The Bertz CT molecular complexity index is 722. The van der Waals surface area contributed by atoms with Gasteiger partial charge in [-0.05, 0) is 36.4 Å². The molecule has 0 saturated carbocycles. The fourth-order valence-electron chi connectivity index (χ4n) is 1.71. The van der Waals surface area contributed by atoms with Gasteiger partial charge < -0.3 is 10.1 Å². The monoisotopic (exact) mass is 407 g/mol. The molecule has 0 bridgehead atoms. The molecule has 8 heteroatoms. The van der Waals surface area contributed by atoms with Crippen LogP contribution in [0.25, 0.3) is 0 Å². The van der Waals surface area contributed by atoms with Crippen LogP contribution in [-0.4, -0.2) is 12.5 Å². The number of rotatable bonds is 4. The first-order valence-electron chi connectivity index (χ1n) is 6.30. The zero-order valence-electron chi connectivity index (χ0n) is 11.5. The van der Waals surface area contributed by atoms with Crippen molar-refractivity contribution in [3.05, 3.63) is 57.5 Å². The first-order chi connectivity index (χ1) is 10.8. The lowest BCUT2D eigenvalue weighted by molar-refractivity contribution is -0.137. The van der Waals surface area contributed by atoms with E-state index in [9.17, 15) is 18.0 Å². The summed E-state index contributed by atoms with van der Waals surface area (Å²) in [6.07, 6.45) is -4.47. The molecule has 122 valence electrons. The maximum absolute atomic E-state index is 12.6. The molecule has 23 heavy (non-hydrogen) atoms. The van der Waals surface area contributed by atoms with E-state index >= 15 is 0 Å². The molecule has 0 unspecified atom stereocenters. The van der Waals surface area contributed by atoms with Crippen LogP contribution in [-0.2, 0) is 11.0 Å². The number of anilines is 1. The van der Waals surface area contributed by atoms with E-state index in [1.54, 1.807) is 18.2 Å². The summed E-state index contributed by atoms with van der Waals surface area (Å²) in [5, 5.41) is 2.65. The van der Waals surface area contributed by atoms with E-state index in [0.29, 0.717) is 10.8 Å². The van der Waals surface area contributed by atoms with Crippen LogP contribution in [0.1, 0.15) is 5.56 Å². The van der Waals surface area contributed by atoms with Crippen LogP contribution in [0.4, 0.5) is 18.9 Å². The van der Waals surface area contributed by atoms with E-state index < -0.39 is 17.6 Å². The molecule has 1 amide bonds. The van der Waals surface area contributed by atoms with Gasteiger partial charge in [-0.1, -0.05) is 33.6 Å². The van der Waals surface area contributed by atoms with Crippen molar-refractivity contribution in [1.29, 1.82) is 0 Å². The number of carbonyl (C=O) groups is 1. The molecular weight excluding hydrogens is 399 g/mol. The lowest BCUT2D eigenvalue weighted by Crippen LogP contribution is -2.20. The summed E-state index contributed by atoms with van der Waals surface area (Å²) in [5.41, 5.74) is -0.803. The van der Waals surface area contributed by atoms with E-state index in [-0.39, 0.29) is 12.3 Å². The van der Waals surface area contributed by atoms with Crippen molar-refractivity contribution >= 4 is 39.1 Å². The minimum absolute atomic E-state index is 0.0373. The van der Waals surface area contributed by atoms with E-state index in [2.05, 4.69) is 21.2 Å². The van der Waals surface area contributed by atoms with Crippen molar-refractivity contribution in [2.45, 2.75) is 6.18 Å². The normalized spacial score (nSPS) is 11.2. The van der Waals surface area contributed by atoms with Crippen molar-refractivity contribution in [2.75, 3.05) is 11.9 Å². The number of ether oxygens (including phenoxy) is 1. The zero-order chi connectivity index (χ0) is 17.0. The highest BCUT2D eigenvalue weighted by Gasteiger charge is 2.30. The van der Waals surface area contributed by atoms with Crippen molar-refractivity contribution < 1.29 is 22.7 Å². The van der Waals surface area contributed by atoms with Gasteiger partial charge in [-0.15, -0.1) is 0 Å². The Morgan fingerprint density at radius 1 is 1.22 bits per heavy atom. The quantitative estimate of drug-likeness (QED) is 0.761. The van der Waals surface area contributed by atoms with Crippen LogP contribution in [0.5, 0.6) is 5.75 Å². The largest absolute Gasteiger partial charge is 0.482 e. The van der Waals surface area contributed by atoms with Gasteiger partial charge in [-0.3, -0.25) is 4.79 Å². The van der Waals surface area contributed by atoms with Gasteiger partial charge in [-0.25, -0.2) is 0 Å². The summed E-state index contributed by atoms with van der Waals surface area (Å²) in [4.78, 5) is 11.8. The SMILES string of the molecule is O=C(COc1ccc(Br)cc1Cl)Nc1cccc(C(F)(F)F)c1. The number of hydrogen-bond acceptors (Lipinski definition) is 2. The lowest BCUT2D eigenvalue weighted by atomic mass is 10.2. The Morgan fingerprint density at radius 3 is 2.61 bits per heavy atom. The third kappa shape index (κ3) is 5.14. The highest BCUT2D eigenvalue weighted by molar-refractivity contribution is 9.10. The average Bonchev–Trinajstić information content (AvgIpc) is 2.45. The molecule has 2 aromatic carbocycles. The summed E-state index contributed by atoms with van der Waals surface area (Å²) >= 11 is 9.16. The van der Waals surface area contributed by atoms with Crippen LogP contribution in [0.2, 0.25) is 5.02 Å². The predicted molar refractivity (Wildman–Crippen MR) is 84.7 cm³/mol. The summed E-state index contributed by atoms with van der Waals surface area (Å²) in [6.45, 7) is -0.377. The number of hydrogen-bond donors (Lipinski definition) is 1. The first kappa shape index (κ1) is 17.6. The van der Waals surface area contributed by atoms with Gasteiger partial charge in [-0.2, -0.15) is 13.2 Å². The fourth-order valence-corrected chi connectivity index (χ4v) is 2.43. The number of benzene rings is 2. The van der Waals surface area contributed by atoms with E-state index in [1.807, 2.05) is 0 Å². The lowest BCUT2D eigenvalue weighted by Gasteiger charge is -2.11. The second-order valence-corrected chi connectivity index (χ2v) is 5.81. The Morgan fingerprint density at radius 2 is 1.96 bits per heavy atom. The highest BCUT2D eigenvalue weighted by Crippen LogP contribution is 2.31. The third-order valence-electron chi connectivity index (χ3n) is 2.73.